The molecular weight excluding hydrogens is 269 g/mol. The maximum atomic E-state index is 13.6. The minimum atomic E-state index is -0.266. The lowest BCUT2D eigenvalue weighted by molar-refractivity contribution is 0.376. The van der Waals surface area contributed by atoms with Crippen molar-refractivity contribution in [3.63, 3.8) is 0 Å². The average Bonchev–Trinajstić information content (AvgIpc) is 3.00. The highest BCUT2D eigenvalue weighted by molar-refractivity contribution is 6.16. The number of nitrogens with zero attached hydrogens (tertiary/aromatic N) is 3. The fourth-order valence-corrected chi connectivity index (χ4v) is 2.26. The number of fused-ring (bicyclic) bond motifs is 1. The van der Waals surface area contributed by atoms with Crippen LogP contribution in [0.25, 0.3) is 11.0 Å². The Bertz CT molecular complexity index is 721. The van der Waals surface area contributed by atoms with Crippen LogP contribution in [0.1, 0.15) is 17.1 Å². The van der Waals surface area contributed by atoms with Gasteiger partial charge in [0, 0.05) is 12.1 Å². The van der Waals surface area contributed by atoms with Gasteiger partial charge < -0.3 is 9.09 Å². The lowest BCUT2D eigenvalue weighted by atomic mass is 10.2. The molecule has 0 bridgehead atoms. The van der Waals surface area contributed by atoms with Gasteiger partial charge in [-0.1, -0.05) is 5.16 Å². The average molecular weight is 280 g/mol. The number of imidazole rings is 1. The summed E-state index contributed by atoms with van der Waals surface area (Å²) in [4.78, 5) is 4.34. The second-order valence-electron chi connectivity index (χ2n) is 4.32. The van der Waals surface area contributed by atoms with E-state index in [1.54, 1.807) is 25.3 Å². The van der Waals surface area contributed by atoms with Crippen LogP contribution in [0.3, 0.4) is 0 Å². The minimum absolute atomic E-state index is 0.253. The molecule has 0 radical (unpaired) electrons. The van der Waals surface area contributed by atoms with Crippen molar-refractivity contribution in [1.29, 1.82) is 0 Å². The van der Waals surface area contributed by atoms with E-state index in [9.17, 15) is 4.39 Å². The van der Waals surface area contributed by atoms with Crippen LogP contribution in [0.15, 0.2) is 28.9 Å². The Morgan fingerprint density at radius 1 is 1.42 bits per heavy atom. The van der Waals surface area contributed by atoms with Crippen molar-refractivity contribution in [2.75, 3.05) is 0 Å². The molecular formula is C13H11ClFN3O. The van der Waals surface area contributed by atoms with E-state index in [-0.39, 0.29) is 11.7 Å². The van der Waals surface area contributed by atoms with Crippen molar-refractivity contribution in [2.45, 2.75) is 19.3 Å². The van der Waals surface area contributed by atoms with Gasteiger partial charge in [-0.2, -0.15) is 0 Å². The van der Waals surface area contributed by atoms with Crippen LogP contribution in [0, 0.1) is 12.7 Å². The summed E-state index contributed by atoms with van der Waals surface area (Å²) in [6.07, 6.45) is 1.58. The van der Waals surface area contributed by atoms with E-state index in [0.717, 1.165) is 5.52 Å². The van der Waals surface area contributed by atoms with E-state index in [2.05, 4.69) is 10.1 Å². The third kappa shape index (κ3) is 2.10. The van der Waals surface area contributed by atoms with E-state index in [0.29, 0.717) is 29.2 Å². The molecule has 19 heavy (non-hydrogen) atoms. The smallest absolute Gasteiger partial charge is 0.156 e. The molecule has 0 spiro atoms. The molecule has 0 aliphatic rings. The highest BCUT2D eigenvalue weighted by Crippen LogP contribution is 2.22. The van der Waals surface area contributed by atoms with Crippen molar-refractivity contribution in [3.8, 4) is 0 Å². The molecule has 3 aromatic rings. The first-order valence-corrected chi connectivity index (χ1v) is 6.33. The number of rotatable bonds is 3. The summed E-state index contributed by atoms with van der Waals surface area (Å²) in [7, 11) is 0. The standard InChI is InChI=1S/C13H11ClFN3O/c1-8-4-12-11(5-10(8)15)17-13(6-14)18(12)7-9-2-3-16-19-9/h2-5H,6-7H2,1H3. The molecule has 0 unspecified atom stereocenters. The first-order chi connectivity index (χ1) is 9.19. The summed E-state index contributed by atoms with van der Waals surface area (Å²) < 4.78 is 20.6. The van der Waals surface area contributed by atoms with Gasteiger partial charge in [-0.3, -0.25) is 0 Å². The number of alkyl halides is 1. The lowest BCUT2D eigenvalue weighted by Crippen LogP contribution is -2.03. The first kappa shape index (κ1) is 12.2. The number of aromatic nitrogens is 3. The number of aryl methyl sites for hydroxylation is 1. The Morgan fingerprint density at radius 3 is 2.95 bits per heavy atom. The second kappa shape index (κ2) is 4.66. The molecule has 0 fully saturated rings. The molecule has 0 atom stereocenters. The van der Waals surface area contributed by atoms with Crippen LogP contribution in [0.2, 0.25) is 0 Å². The zero-order chi connectivity index (χ0) is 13.4. The van der Waals surface area contributed by atoms with Crippen molar-refractivity contribution >= 4 is 22.6 Å². The van der Waals surface area contributed by atoms with Gasteiger partial charge >= 0.3 is 0 Å². The zero-order valence-corrected chi connectivity index (χ0v) is 11.0. The summed E-state index contributed by atoms with van der Waals surface area (Å²) in [5, 5.41) is 3.67. The molecule has 4 nitrogen and oxygen atoms in total. The Labute approximate surface area is 113 Å². The van der Waals surface area contributed by atoms with E-state index < -0.39 is 0 Å². The maximum absolute atomic E-state index is 13.6. The Kier molecular flexibility index (Phi) is 2.98. The summed E-state index contributed by atoms with van der Waals surface area (Å²) in [6, 6.07) is 4.97. The zero-order valence-electron chi connectivity index (χ0n) is 10.2. The highest BCUT2D eigenvalue weighted by atomic mass is 35.5. The number of benzene rings is 1. The number of hydrogen-bond donors (Lipinski definition) is 0. The lowest BCUT2D eigenvalue weighted by Gasteiger charge is -2.05. The van der Waals surface area contributed by atoms with Crippen LogP contribution in [-0.4, -0.2) is 14.7 Å². The second-order valence-corrected chi connectivity index (χ2v) is 4.58. The van der Waals surface area contributed by atoms with Gasteiger partial charge in [-0.25, -0.2) is 9.37 Å². The normalized spacial score (nSPS) is 11.3. The van der Waals surface area contributed by atoms with E-state index >= 15 is 0 Å². The van der Waals surface area contributed by atoms with Gasteiger partial charge in [0.2, 0.25) is 0 Å². The van der Waals surface area contributed by atoms with E-state index in [1.165, 1.54) is 6.07 Å². The molecule has 1 aromatic carbocycles. The molecule has 0 N–H and O–H groups in total. The molecule has 0 saturated carbocycles. The molecule has 0 saturated heterocycles. The molecule has 98 valence electrons. The third-order valence-corrected chi connectivity index (χ3v) is 3.27. The molecule has 0 aliphatic heterocycles. The van der Waals surface area contributed by atoms with Gasteiger partial charge in [0.15, 0.2) is 5.76 Å². The monoisotopic (exact) mass is 279 g/mol. The summed E-state index contributed by atoms with van der Waals surface area (Å²) >= 11 is 5.90. The predicted molar refractivity (Wildman–Crippen MR) is 69.6 cm³/mol. The van der Waals surface area contributed by atoms with Gasteiger partial charge in [0.25, 0.3) is 0 Å². The Hall–Kier alpha value is -1.88. The first-order valence-electron chi connectivity index (χ1n) is 5.80. The fourth-order valence-electron chi connectivity index (χ4n) is 2.06. The number of hydrogen-bond acceptors (Lipinski definition) is 3. The topological polar surface area (TPSA) is 43.9 Å². The van der Waals surface area contributed by atoms with Crippen molar-refractivity contribution in [3.05, 3.63) is 47.4 Å². The molecule has 0 aliphatic carbocycles. The van der Waals surface area contributed by atoms with Crippen LogP contribution in [0.5, 0.6) is 0 Å². The van der Waals surface area contributed by atoms with Crippen molar-refractivity contribution in [1.82, 2.24) is 14.7 Å². The Balaban J connectivity index is 2.17. The maximum Gasteiger partial charge on any atom is 0.156 e. The molecule has 2 aromatic heterocycles. The SMILES string of the molecule is Cc1cc2c(cc1F)nc(CCl)n2Cc1ccno1. The van der Waals surface area contributed by atoms with Crippen LogP contribution >= 0.6 is 11.6 Å². The minimum Gasteiger partial charge on any atom is -0.359 e. The van der Waals surface area contributed by atoms with Crippen molar-refractivity contribution < 1.29 is 8.91 Å². The summed E-state index contributed by atoms with van der Waals surface area (Å²) in [5.41, 5.74) is 2.01. The van der Waals surface area contributed by atoms with Gasteiger partial charge in [0.1, 0.15) is 11.6 Å². The third-order valence-electron chi connectivity index (χ3n) is 3.03. The van der Waals surface area contributed by atoms with Crippen molar-refractivity contribution in [2.24, 2.45) is 0 Å². The van der Waals surface area contributed by atoms with Gasteiger partial charge in [-0.15, -0.1) is 11.6 Å². The van der Waals surface area contributed by atoms with Crippen LogP contribution in [-0.2, 0) is 12.4 Å². The number of halogens is 2. The fraction of sp³-hybridized carbons (Fsp3) is 0.231. The largest absolute Gasteiger partial charge is 0.359 e. The van der Waals surface area contributed by atoms with E-state index in [4.69, 9.17) is 16.1 Å². The van der Waals surface area contributed by atoms with Crippen LogP contribution < -0.4 is 0 Å². The highest BCUT2D eigenvalue weighted by Gasteiger charge is 2.13. The molecule has 2 heterocycles. The predicted octanol–water partition coefficient (Wildman–Crippen LogP) is 3.26. The quantitative estimate of drug-likeness (QED) is 0.691. The van der Waals surface area contributed by atoms with Gasteiger partial charge in [-0.05, 0) is 18.6 Å². The summed E-state index contributed by atoms with van der Waals surface area (Å²) in [5.74, 6) is 1.37. The van der Waals surface area contributed by atoms with E-state index in [1.807, 2.05) is 4.57 Å². The molecule has 0 amide bonds. The summed E-state index contributed by atoms with van der Waals surface area (Å²) in [6.45, 7) is 2.20. The molecule has 6 heteroatoms. The Morgan fingerprint density at radius 2 is 2.26 bits per heavy atom. The molecule has 3 rings (SSSR count). The van der Waals surface area contributed by atoms with Gasteiger partial charge in [0.05, 0.1) is 29.7 Å². The van der Waals surface area contributed by atoms with Crippen LogP contribution in [0.4, 0.5) is 4.39 Å².